The van der Waals surface area contributed by atoms with Crippen LogP contribution in [0.5, 0.6) is 0 Å². The van der Waals surface area contributed by atoms with Crippen LogP contribution < -0.4 is 11.1 Å². The zero-order chi connectivity index (χ0) is 14.0. The van der Waals surface area contributed by atoms with E-state index in [-0.39, 0.29) is 17.4 Å². The molecule has 0 aliphatic heterocycles. The molecule has 1 aliphatic rings. The molecule has 104 valence electrons. The minimum atomic E-state index is -0.0425. The molecule has 1 aromatic carbocycles. The Morgan fingerprint density at radius 1 is 1.42 bits per heavy atom. The first-order valence-electron chi connectivity index (χ1n) is 6.76. The summed E-state index contributed by atoms with van der Waals surface area (Å²) in [6, 6.07) is 5.55. The van der Waals surface area contributed by atoms with Crippen LogP contribution in [0.3, 0.4) is 0 Å². The summed E-state index contributed by atoms with van der Waals surface area (Å²) in [4.78, 5) is 12.4. The van der Waals surface area contributed by atoms with Crippen molar-refractivity contribution in [2.75, 3.05) is 5.73 Å². The molecule has 1 fully saturated rings. The highest BCUT2D eigenvalue weighted by Crippen LogP contribution is 2.35. The monoisotopic (exact) mass is 324 g/mol. The van der Waals surface area contributed by atoms with Gasteiger partial charge >= 0.3 is 0 Å². The summed E-state index contributed by atoms with van der Waals surface area (Å²) in [7, 11) is 0. The Kier molecular flexibility index (Phi) is 4.19. The van der Waals surface area contributed by atoms with Crippen LogP contribution in [0.25, 0.3) is 0 Å². The molecule has 1 aliphatic carbocycles. The number of amides is 1. The second-order valence-corrected chi connectivity index (χ2v) is 6.85. The standard InChI is InChI=1S/C15H21BrN2O/c1-15(2)8-4-3-5-13(15)18-14(19)11-9-10(17)6-7-12(11)16/h6-7,9,13H,3-5,8,17H2,1-2H3,(H,18,19). The molecule has 0 aromatic heterocycles. The van der Waals surface area contributed by atoms with E-state index in [9.17, 15) is 4.79 Å². The van der Waals surface area contributed by atoms with Crippen LogP contribution in [0.2, 0.25) is 0 Å². The normalized spacial score (nSPS) is 21.9. The zero-order valence-electron chi connectivity index (χ0n) is 11.5. The first-order chi connectivity index (χ1) is 8.90. The fourth-order valence-electron chi connectivity index (χ4n) is 2.71. The maximum Gasteiger partial charge on any atom is 0.252 e. The summed E-state index contributed by atoms with van der Waals surface area (Å²) >= 11 is 3.41. The van der Waals surface area contributed by atoms with E-state index in [4.69, 9.17) is 5.73 Å². The highest BCUT2D eigenvalue weighted by atomic mass is 79.9. The number of nitrogen functional groups attached to an aromatic ring is 1. The molecule has 1 amide bonds. The number of carbonyl (C=O) groups is 1. The Morgan fingerprint density at radius 3 is 2.84 bits per heavy atom. The second kappa shape index (κ2) is 5.53. The lowest BCUT2D eigenvalue weighted by atomic mass is 9.73. The minimum Gasteiger partial charge on any atom is -0.399 e. The molecular weight excluding hydrogens is 304 g/mol. The number of rotatable bonds is 2. The van der Waals surface area contributed by atoms with E-state index >= 15 is 0 Å². The number of benzene rings is 1. The summed E-state index contributed by atoms with van der Waals surface area (Å²) in [6.45, 7) is 4.46. The summed E-state index contributed by atoms with van der Waals surface area (Å²) < 4.78 is 0.785. The first-order valence-corrected chi connectivity index (χ1v) is 7.55. The van der Waals surface area contributed by atoms with Gasteiger partial charge in [0, 0.05) is 16.2 Å². The van der Waals surface area contributed by atoms with Crippen molar-refractivity contribution in [2.45, 2.75) is 45.6 Å². The number of halogens is 1. The fraction of sp³-hybridized carbons (Fsp3) is 0.533. The van der Waals surface area contributed by atoms with Gasteiger partial charge in [0.15, 0.2) is 0 Å². The van der Waals surface area contributed by atoms with Crippen LogP contribution in [-0.2, 0) is 0 Å². The van der Waals surface area contributed by atoms with E-state index in [1.807, 2.05) is 6.07 Å². The molecule has 0 radical (unpaired) electrons. The van der Waals surface area contributed by atoms with E-state index < -0.39 is 0 Å². The van der Waals surface area contributed by atoms with Gasteiger partial charge in [-0.3, -0.25) is 4.79 Å². The lowest BCUT2D eigenvalue weighted by molar-refractivity contribution is 0.0853. The quantitative estimate of drug-likeness (QED) is 0.814. The van der Waals surface area contributed by atoms with Gasteiger partial charge in [0.2, 0.25) is 0 Å². The van der Waals surface area contributed by atoms with Crippen molar-refractivity contribution in [3.05, 3.63) is 28.2 Å². The maximum absolute atomic E-state index is 12.4. The Labute approximate surface area is 123 Å². The highest BCUT2D eigenvalue weighted by Gasteiger charge is 2.33. The van der Waals surface area contributed by atoms with Crippen LogP contribution in [0, 0.1) is 5.41 Å². The molecule has 2 rings (SSSR count). The average Bonchev–Trinajstić information content (AvgIpc) is 2.34. The van der Waals surface area contributed by atoms with E-state index in [1.54, 1.807) is 12.1 Å². The van der Waals surface area contributed by atoms with Crippen molar-refractivity contribution in [3.63, 3.8) is 0 Å². The molecule has 0 saturated heterocycles. The van der Waals surface area contributed by atoms with Crippen molar-refractivity contribution in [3.8, 4) is 0 Å². The van der Waals surface area contributed by atoms with Gasteiger partial charge in [-0.05, 0) is 52.4 Å². The maximum atomic E-state index is 12.4. The van der Waals surface area contributed by atoms with Crippen LogP contribution in [0.4, 0.5) is 5.69 Å². The lowest BCUT2D eigenvalue weighted by Gasteiger charge is -2.39. The van der Waals surface area contributed by atoms with E-state index in [1.165, 1.54) is 12.8 Å². The lowest BCUT2D eigenvalue weighted by Crippen LogP contribution is -2.46. The van der Waals surface area contributed by atoms with Gasteiger partial charge in [0.25, 0.3) is 5.91 Å². The number of carbonyl (C=O) groups excluding carboxylic acids is 1. The summed E-state index contributed by atoms with van der Waals surface area (Å²) in [5.74, 6) is -0.0425. The van der Waals surface area contributed by atoms with Crippen LogP contribution in [-0.4, -0.2) is 11.9 Å². The molecule has 1 atom stereocenters. The summed E-state index contributed by atoms with van der Waals surface area (Å²) in [5, 5.41) is 3.17. The van der Waals surface area contributed by atoms with E-state index in [2.05, 4.69) is 35.1 Å². The molecule has 3 nitrogen and oxygen atoms in total. The molecule has 19 heavy (non-hydrogen) atoms. The predicted octanol–water partition coefficient (Wildman–Crippen LogP) is 3.73. The van der Waals surface area contributed by atoms with Crippen molar-refractivity contribution >= 4 is 27.5 Å². The van der Waals surface area contributed by atoms with Crippen LogP contribution in [0.15, 0.2) is 22.7 Å². The van der Waals surface area contributed by atoms with Gasteiger partial charge < -0.3 is 11.1 Å². The number of hydrogen-bond donors (Lipinski definition) is 2. The van der Waals surface area contributed by atoms with Gasteiger partial charge in [-0.1, -0.05) is 26.7 Å². The molecular formula is C15H21BrN2O. The molecule has 1 saturated carbocycles. The number of anilines is 1. The fourth-order valence-corrected chi connectivity index (χ4v) is 3.14. The van der Waals surface area contributed by atoms with Gasteiger partial charge in [0.1, 0.15) is 0 Å². The minimum absolute atomic E-state index is 0.0425. The molecule has 1 unspecified atom stereocenters. The molecule has 0 bridgehead atoms. The molecule has 4 heteroatoms. The SMILES string of the molecule is CC1(C)CCCCC1NC(=O)c1cc(N)ccc1Br. The average molecular weight is 325 g/mol. The van der Waals surface area contributed by atoms with Gasteiger partial charge in [-0.15, -0.1) is 0 Å². The van der Waals surface area contributed by atoms with E-state index in [0.717, 1.165) is 17.3 Å². The number of nitrogens with two attached hydrogens (primary N) is 1. The smallest absolute Gasteiger partial charge is 0.252 e. The Morgan fingerprint density at radius 2 is 2.16 bits per heavy atom. The van der Waals surface area contributed by atoms with Crippen molar-refractivity contribution < 1.29 is 4.79 Å². The van der Waals surface area contributed by atoms with Crippen LogP contribution >= 0.6 is 15.9 Å². The van der Waals surface area contributed by atoms with E-state index in [0.29, 0.717) is 11.3 Å². The van der Waals surface area contributed by atoms with Crippen molar-refractivity contribution in [1.82, 2.24) is 5.32 Å². The Hall–Kier alpha value is -1.03. The third-order valence-corrected chi connectivity index (χ3v) is 4.74. The predicted molar refractivity (Wildman–Crippen MR) is 82.1 cm³/mol. The van der Waals surface area contributed by atoms with Crippen molar-refractivity contribution in [2.24, 2.45) is 5.41 Å². The Balaban J connectivity index is 2.14. The van der Waals surface area contributed by atoms with Gasteiger partial charge in [-0.2, -0.15) is 0 Å². The van der Waals surface area contributed by atoms with Gasteiger partial charge in [0.05, 0.1) is 5.56 Å². The summed E-state index contributed by atoms with van der Waals surface area (Å²) in [5.41, 5.74) is 7.14. The largest absolute Gasteiger partial charge is 0.399 e. The van der Waals surface area contributed by atoms with Crippen LogP contribution in [0.1, 0.15) is 49.9 Å². The highest BCUT2D eigenvalue weighted by molar-refractivity contribution is 9.10. The topological polar surface area (TPSA) is 55.1 Å². The molecule has 0 heterocycles. The third-order valence-electron chi connectivity index (χ3n) is 4.05. The zero-order valence-corrected chi connectivity index (χ0v) is 13.1. The molecule has 1 aromatic rings. The van der Waals surface area contributed by atoms with Crippen molar-refractivity contribution in [1.29, 1.82) is 0 Å². The number of nitrogens with one attached hydrogen (secondary N) is 1. The molecule has 3 N–H and O–H groups in total. The summed E-state index contributed by atoms with van der Waals surface area (Å²) in [6.07, 6.45) is 4.66. The Bertz CT molecular complexity index is 485. The third kappa shape index (κ3) is 3.30. The molecule has 0 spiro atoms. The number of hydrogen-bond acceptors (Lipinski definition) is 2. The first kappa shape index (κ1) is 14.4. The van der Waals surface area contributed by atoms with Gasteiger partial charge in [-0.25, -0.2) is 0 Å². The second-order valence-electron chi connectivity index (χ2n) is 6.00.